The maximum Gasteiger partial charge on any atom is 0.142 e. The van der Waals surface area contributed by atoms with Crippen LogP contribution in [-0.4, -0.2) is 7.05 Å². The zero-order valence-corrected chi connectivity index (χ0v) is 12.9. The lowest BCUT2D eigenvalue weighted by Gasteiger charge is -2.14. The molecule has 2 aromatic rings. The number of hydrogen-bond donors (Lipinski definition) is 1. The van der Waals surface area contributed by atoms with Crippen LogP contribution in [0.2, 0.25) is 5.02 Å². The van der Waals surface area contributed by atoms with Crippen LogP contribution in [0.3, 0.4) is 0 Å². The summed E-state index contributed by atoms with van der Waals surface area (Å²) in [5.74, 6) is -0.364. The summed E-state index contributed by atoms with van der Waals surface area (Å²) in [6.45, 7) is 0. The van der Waals surface area contributed by atoms with E-state index in [2.05, 4.69) is 27.3 Å². The Kier molecular flexibility index (Phi) is 4.78. The van der Waals surface area contributed by atoms with Gasteiger partial charge in [-0.25, -0.2) is 4.39 Å². The fourth-order valence-corrected chi connectivity index (χ4v) is 3.43. The fraction of sp³-hybridized carbons (Fsp3) is 0.231. The van der Waals surface area contributed by atoms with Crippen LogP contribution in [0.4, 0.5) is 4.39 Å². The van der Waals surface area contributed by atoms with Crippen molar-refractivity contribution in [3.05, 3.63) is 55.4 Å². The van der Waals surface area contributed by atoms with Crippen LogP contribution in [0.25, 0.3) is 0 Å². The lowest BCUT2D eigenvalue weighted by atomic mass is 10.0. The van der Waals surface area contributed by atoms with Gasteiger partial charge in [0.05, 0.1) is 5.02 Å². The van der Waals surface area contributed by atoms with E-state index < -0.39 is 0 Å². The molecule has 18 heavy (non-hydrogen) atoms. The molecule has 1 aromatic heterocycles. The van der Waals surface area contributed by atoms with Crippen molar-refractivity contribution >= 4 is 38.9 Å². The van der Waals surface area contributed by atoms with Crippen molar-refractivity contribution in [2.45, 2.75) is 12.5 Å². The van der Waals surface area contributed by atoms with Gasteiger partial charge in [0.15, 0.2) is 0 Å². The molecule has 5 heteroatoms. The Bertz CT molecular complexity index is 544. The molecule has 1 N–H and O–H groups in total. The minimum absolute atomic E-state index is 0.165. The largest absolute Gasteiger partial charge is 0.312 e. The van der Waals surface area contributed by atoms with Gasteiger partial charge in [-0.2, -0.15) is 0 Å². The normalized spacial score (nSPS) is 12.7. The third-order valence-corrected chi connectivity index (χ3v) is 4.82. The average Bonchev–Trinajstić information content (AvgIpc) is 2.77. The van der Waals surface area contributed by atoms with Crippen LogP contribution in [0.5, 0.6) is 0 Å². The summed E-state index contributed by atoms with van der Waals surface area (Å²) in [5, 5.41) is 5.46. The highest BCUT2D eigenvalue weighted by Gasteiger charge is 2.13. The first-order valence-electron chi connectivity index (χ1n) is 5.45. The molecular weight excluding hydrogens is 337 g/mol. The van der Waals surface area contributed by atoms with Crippen LogP contribution in [0.15, 0.2) is 34.1 Å². The number of thiophene rings is 1. The Hall–Kier alpha value is -0.420. The maximum atomic E-state index is 13.4. The molecule has 1 heterocycles. The summed E-state index contributed by atoms with van der Waals surface area (Å²) in [5.41, 5.74) is 0.931. The molecule has 96 valence electrons. The monoisotopic (exact) mass is 347 g/mol. The van der Waals surface area contributed by atoms with E-state index >= 15 is 0 Å². The third kappa shape index (κ3) is 3.32. The Morgan fingerprint density at radius 1 is 1.44 bits per heavy atom. The molecule has 1 nitrogen and oxygen atoms in total. The van der Waals surface area contributed by atoms with Crippen LogP contribution >= 0.6 is 38.9 Å². The van der Waals surface area contributed by atoms with E-state index in [-0.39, 0.29) is 16.9 Å². The van der Waals surface area contributed by atoms with E-state index in [1.54, 1.807) is 17.4 Å². The summed E-state index contributed by atoms with van der Waals surface area (Å²) in [7, 11) is 1.91. The van der Waals surface area contributed by atoms with Gasteiger partial charge in [-0.3, -0.25) is 0 Å². The third-order valence-electron chi connectivity index (χ3n) is 2.70. The minimum atomic E-state index is -0.364. The lowest BCUT2D eigenvalue weighted by molar-refractivity contribution is 0.592. The van der Waals surface area contributed by atoms with Crippen molar-refractivity contribution < 1.29 is 4.39 Å². The molecule has 0 aliphatic carbocycles. The number of rotatable bonds is 4. The van der Waals surface area contributed by atoms with Crippen LogP contribution in [0.1, 0.15) is 16.5 Å². The number of nitrogens with one attached hydrogen (secondary N) is 1. The summed E-state index contributed by atoms with van der Waals surface area (Å²) in [6, 6.07) is 7.22. The van der Waals surface area contributed by atoms with E-state index in [9.17, 15) is 4.39 Å². The molecule has 0 bridgehead atoms. The highest BCUT2D eigenvalue weighted by Crippen LogP contribution is 2.28. The molecule has 1 atom stereocenters. The van der Waals surface area contributed by atoms with Crippen molar-refractivity contribution in [3.63, 3.8) is 0 Å². The second-order valence-corrected chi connectivity index (χ2v) is 6.23. The summed E-state index contributed by atoms with van der Waals surface area (Å²) < 4.78 is 14.5. The molecule has 0 aliphatic heterocycles. The van der Waals surface area contributed by atoms with E-state index in [4.69, 9.17) is 11.6 Å². The second kappa shape index (κ2) is 6.15. The predicted molar refractivity (Wildman–Crippen MR) is 78.9 cm³/mol. The smallest absolute Gasteiger partial charge is 0.142 e. The molecular formula is C13H12BrClFNS. The van der Waals surface area contributed by atoms with Crippen LogP contribution in [-0.2, 0) is 6.42 Å². The number of halogens is 3. The molecule has 1 unspecified atom stereocenters. The maximum absolute atomic E-state index is 13.4. The standard InChI is InChI=1S/C13H12BrClFNS/c1-17-12(13-6-9(14)7-18-13)5-8-2-3-10(15)11(16)4-8/h2-4,6-7,12,17H,5H2,1H3. The van der Waals surface area contributed by atoms with Crippen LogP contribution in [0, 0.1) is 5.82 Å². The van der Waals surface area contributed by atoms with Crippen molar-refractivity contribution in [3.8, 4) is 0 Å². The molecule has 0 fully saturated rings. The van der Waals surface area contributed by atoms with Gasteiger partial charge in [0.2, 0.25) is 0 Å². The van der Waals surface area contributed by atoms with Gasteiger partial charge in [-0.05, 0) is 53.2 Å². The molecule has 0 amide bonds. The summed E-state index contributed by atoms with van der Waals surface area (Å²) in [4.78, 5) is 1.22. The Balaban J connectivity index is 2.17. The predicted octanol–water partition coefficient (Wildman–Crippen LogP) is 4.81. The zero-order chi connectivity index (χ0) is 13.1. The molecule has 0 saturated carbocycles. The summed E-state index contributed by atoms with van der Waals surface area (Å²) in [6.07, 6.45) is 0.734. The van der Waals surface area contributed by atoms with Crippen LogP contribution < -0.4 is 5.32 Å². The lowest BCUT2D eigenvalue weighted by Crippen LogP contribution is -2.17. The highest BCUT2D eigenvalue weighted by molar-refractivity contribution is 9.10. The summed E-state index contributed by atoms with van der Waals surface area (Å²) >= 11 is 10.8. The first-order chi connectivity index (χ1) is 8.60. The van der Waals surface area contributed by atoms with Gasteiger partial charge in [-0.15, -0.1) is 11.3 Å². The van der Waals surface area contributed by atoms with Gasteiger partial charge >= 0.3 is 0 Å². The zero-order valence-electron chi connectivity index (χ0n) is 9.71. The van der Waals surface area contributed by atoms with Crippen molar-refractivity contribution in [2.75, 3.05) is 7.05 Å². The van der Waals surface area contributed by atoms with Crippen molar-refractivity contribution in [2.24, 2.45) is 0 Å². The van der Waals surface area contributed by atoms with Crippen molar-refractivity contribution in [1.29, 1.82) is 0 Å². The minimum Gasteiger partial charge on any atom is -0.312 e. The number of hydrogen-bond acceptors (Lipinski definition) is 2. The van der Waals surface area contributed by atoms with Gasteiger partial charge in [0, 0.05) is 20.8 Å². The Labute approximate surface area is 123 Å². The molecule has 0 spiro atoms. The quantitative estimate of drug-likeness (QED) is 0.836. The second-order valence-electron chi connectivity index (χ2n) is 3.96. The van der Waals surface area contributed by atoms with Gasteiger partial charge in [-0.1, -0.05) is 17.7 Å². The molecule has 0 radical (unpaired) electrons. The fourth-order valence-electron chi connectivity index (χ4n) is 1.76. The topological polar surface area (TPSA) is 12.0 Å². The van der Waals surface area contributed by atoms with Gasteiger partial charge in [0.1, 0.15) is 5.82 Å². The molecule has 1 aromatic carbocycles. The van der Waals surface area contributed by atoms with E-state index in [0.717, 1.165) is 16.5 Å². The Morgan fingerprint density at radius 3 is 2.78 bits per heavy atom. The first kappa shape index (κ1) is 14.0. The number of benzene rings is 1. The SMILES string of the molecule is CNC(Cc1ccc(Cl)c(F)c1)c1cc(Br)cs1. The van der Waals surface area contributed by atoms with Gasteiger partial charge < -0.3 is 5.32 Å². The Morgan fingerprint density at radius 2 is 2.22 bits per heavy atom. The van der Waals surface area contributed by atoms with Crippen molar-refractivity contribution in [1.82, 2.24) is 5.32 Å². The molecule has 0 aliphatic rings. The molecule has 0 saturated heterocycles. The average molecular weight is 349 g/mol. The van der Waals surface area contributed by atoms with E-state index in [1.807, 2.05) is 18.5 Å². The highest BCUT2D eigenvalue weighted by atomic mass is 79.9. The van der Waals surface area contributed by atoms with Gasteiger partial charge in [0.25, 0.3) is 0 Å². The first-order valence-corrected chi connectivity index (χ1v) is 7.50. The van der Waals surface area contributed by atoms with E-state index in [0.29, 0.717) is 0 Å². The molecule has 2 rings (SSSR count). The number of likely N-dealkylation sites (N-methyl/N-ethyl adjacent to an activating group) is 1. The van der Waals surface area contributed by atoms with E-state index in [1.165, 1.54) is 10.9 Å².